The smallest absolute Gasteiger partial charge is 0.134 e. The summed E-state index contributed by atoms with van der Waals surface area (Å²) in [5, 5.41) is 12.1. The summed E-state index contributed by atoms with van der Waals surface area (Å²) in [6, 6.07) is 7.92. The highest BCUT2D eigenvalue weighted by molar-refractivity contribution is 5.85. The van der Waals surface area contributed by atoms with Gasteiger partial charge in [-0.25, -0.2) is 0 Å². The van der Waals surface area contributed by atoms with Gasteiger partial charge < -0.3 is 14.4 Å². The number of halogens is 1. The molecule has 0 bridgehead atoms. The Morgan fingerprint density at radius 3 is 2.60 bits per heavy atom. The molecular weight excluding hydrogens is 274 g/mol. The molecule has 112 valence electrons. The van der Waals surface area contributed by atoms with Crippen molar-refractivity contribution in [3.63, 3.8) is 0 Å². The van der Waals surface area contributed by atoms with Crippen molar-refractivity contribution in [3.05, 3.63) is 36.1 Å². The Morgan fingerprint density at radius 1 is 1.30 bits per heavy atom. The SMILES string of the molecule is CCC(O)(c1ccc2ccoc2c1)C(C)CN(C)C.Cl. The first-order chi connectivity index (χ1) is 8.97. The van der Waals surface area contributed by atoms with Crippen LogP contribution in [0.1, 0.15) is 25.8 Å². The highest BCUT2D eigenvalue weighted by Crippen LogP contribution is 2.35. The Kier molecular flexibility index (Phi) is 5.63. The molecule has 0 fully saturated rings. The first kappa shape index (κ1) is 17.0. The fourth-order valence-corrected chi connectivity index (χ4v) is 2.76. The summed E-state index contributed by atoms with van der Waals surface area (Å²) in [5.41, 5.74) is 0.957. The second kappa shape index (κ2) is 6.61. The molecule has 1 heterocycles. The van der Waals surface area contributed by atoms with Crippen molar-refractivity contribution in [1.29, 1.82) is 0 Å². The minimum Gasteiger partial charge on any atom is -0.464 e. The summed E-state index contributed by atoms with van der Waals surface area (Å²) >= 11 is 0. The van der Waals surface area contributed by atoms with Crippen molar-refractivity contribution in [3.8, 4) is 0 Å². The van der Waals surface area contributed by atoms with Gasteiger partial charge in [0.2, 0.25) is 0 Å². The van der Waals surface area contributed by atoms with Crippen molar-refractivity contribution >= 4 is 23.4 Å². The number of aliphatic hydroxyl groups is 1. The third-order valence-electron chi connectivity index (χ3n) is 3.95. The summed E-state index contributed by atoms with van der Waals surface area (Å²) in [6.07, 6.45) is 2.37. The van der Waals surface area contributed by atoms with Gasteiger partial charge in [-0.15, -0.1) is 12.4 Å². The van der Waals surface area contributed by atoms with Gasteiger partial charge in [0, 0.05) is 17.8 Å². The molecule has 1 aromatic heterocycles. The number of benzene rings is 1. The number of nitrogens with zero attached hydrogens (tertiary/aromatic N) is 1. The van der Waals surface area contributed by atoms with E-state index in [1.54, 1.807) is 6.26 Å². The molecule has 0 aliphatic carbocycles. The van der Waals surface area contributed by atoms with E-state index >= 15 is 0 Å². The largest absolute Gasteiger partial charge is 0.464 e. The first-order valence-electron chi connectivity index (χ1n) is 6.82. The van der Waals surface area contributed by atoms with Gasteiger partial charge in [-0.1, -0.05) is 26.0 Å². The Balaban J connectivity index is 0.00000200. The lowest BCUT2D eigenvalue weighted by molar-refractivity contribution is -0.0291. The summed E-state index contributed by atoms with van der Waals surface area (Å²) in [6.45, 7) is 4.97. The lowest BCUT2D eigenvalue weighted by Gasteiger charge is -2.35. The molecule has 2 rings (SSSR count). The van der Waals surface area contributed by atoms with Crippen LogP contribution in [0.25, 0.3) is 11.0 Å². The van der Waals surface area contributed by atoms with E-state index in [9.17, 15) is 5.11 Å². The van der Waals surface area contributed by atoms with Crippen molar-refractivity contribution in [2.75, 3.05) is 20.6 Å². The number of fused-ring (bicyclic) bond motifs is 1. The average Bonchev–Trinajstić information content (AvgIpc) is 2.83. The minimum atomic E-state index is -0.814. The van der Waals surface area contributed by atoms with E-state index < -0.39 is 5.60 Å². The summed E-state index contributed by atoms with van der Waals surface area (Å²) < 4.78 is 5.44. The molecule has 0 saturated carbocycles. The predicted octanol–water partition coefficient (Wildman–Crippen LogP) is 3.65. The molecule has 3 nitrogen and oxygen atoms in total. The van der Waals surface area contributed by atoms with Crippen LogP contribution >= 0.6 is 12.4 Å². The number of hydrogen-bond donors (Lipinski definition) is 1. The van der Waals surface area contributed by atoms with Crippen LogP contribution in [-0.2, 0) is 5.60 Å². The molecule has 0 aliphatic heterocycles. The standard InChI is InChI=1S/C16H23NO2.ClH/c1-5-16(18,12(2)11-17(3)4)14-7-6-13-8-9-19-15(13)10-14;/h6-10,12,18H,5,11H2,1-4H3;1H. The second-order valence-electron chi connectivity index (χ2n) is 5.61. The zero-order valence-corrected chi connectivity index (χ0v) is 13.4. The quantitative estimate of drug-likeness (QED) is 0.915. The minimum absolute atomic E-state index is 0. The molecule has 2 aromatic rings. The van der Waals surface area contributed by atoms with E-state index in [-0.39, 0.29) is 18.3 Å². The molecule has 2 unspecified atom stereocenters. The average molecular weight is 298 g/mol. The maximum atomic E-state index is 11.0. The monoisotopic (exact) mass is 297 g/mol. The Bertz CT molecular complexity index is 552. The van der Waals surface area contributed by atoms with Crippen LogP contribution in [0.15, 0.2) is 34.9 Å². The van der Waals surface area contributed by atoms with Gasteiger partial charge in [0.05, 0.1) is 11.9 Å². The van der Waals surface area contributed by atoms with Gasteiger partial charge >= 0.3 is 0 Å². The van der Waals surface area contributed by atoms with Crippen molar-refractivity contribution in [1.82, 2.24) is 4.90 Å². The Hall–Kier alpha value is -1.03. The molecule has 0 saturated heterocycles. The number of hydrogen-bond acceptors (Lipinski definition) is 3. The molecule has 0 radical (unpaired) electrons. The fraction of sp³-hybridized carbons (Fsp3) is 0.500. The van der Waals surface area contributed by atoms with Crippen LogP contribution in [0, 0.1) is 5.92 Å². The number of rotatable bonds is 5. The summed E-state index contributed by atoms with van der Waals surface area (Å²) in [4.78, 5) is 2.11. The highest BCUT2D eigenvalue weighted by atomic mass is 35.5. The van der Waals surface area contributed by atoms with E-state index in [4.69, 9.17) is 4.42 Å². The molecular formula is C16H24ClNO2. The van der Waals surface area contributed by atoms with E-state index in [2.05, 4.69) is 11.8 Å². The third-order valence-corrected chi connectivity index (χ3v) is 3.95. The molecule has 20 heavy (non-hydrogen) atoms. The van der Waals surface area contributed by atoms with Crippen molar-refractivity contribution in [2.45, 2.75) is 25.9 Å². The van der Waals surface area contributed by atoms with E-state index in [0.717, 1.165) is 23.1 Å². The lowest BCUT2D eigenvalue weighted by Crippen LogP contribution is -2.38. The molecule has 1 aromatic carbocycles. The van der Waals surface area contributed by atoms with Crippen molar-refractivity contribution in [2.24, 2.45) is 5.92 Å². The van der Waals surface area contributed by atoms with Gasteiger partial charge in [-0.3, -0.25) is 0 Å². The molecule has 0 spiro atoms. The first-order valence-corrected chi connectivity index (χ1v) is 6.82. The zero-order valence-electron chi connectivity index (χ0n) is 12.6. The van der Waals surface area contributed by atoms with E-state index in [0.29, 0.717) is 6.42 Å². The van der Waals surface area contributed by atoms with E-state index in [1.165, 1.54) is 0 Å². The van der Waals surface area contributed by atoms with Crippen LogP contribution in [0.5, 0.6) is 0 Å². The van der Waals surface area contributed by atoms with Crippen LogP contribution in [0.2, 0.25) is 0 Å². The molecule has 4 heteroatoms. The Labute approximate surface area is 127 Å². The van der Waals surface area contributed by atoms with Crippen LogP contribution in [0.3, 0.4) is 0 Å². The van der Waals surface area contributed by atoms with Gasteiger partial charge in [0.1, 0.15) is 5.58 Å². The summed E-state index contributed by atoms with van der Waals surface area (Å²) in [7, 11) is 4.06. The van der Waals surface area contributed by atoms with Crippen LogP contribution in [0.4, 0.5) is 0 Å². The molecule has 0 amide bonds. The third kappa shape index (κ3) is 3.17. The fourth-order valence-electron chi connectivity index (χ4n) is 2.76. The topological polar surface area (TPSA) is 36.6 Å². The molecule has 1 N–H and O–H groups in total. The maximum Gasteiger partial charge on any atom is 0.134 e. The van der Waals surface area contributed by atoms with Gasteiger partial charge in [0.25, 0.3) is 0 Å². The van der Waals surface area contributed by atoms with Crippen molar-refractivity contribution < 1.29 is 9.52 Å². The van der Waals surface area contributed by atoms with Gasteiger partial charge in [0.15, 0.2) is 0 Å². The van der Waals surface area contributed by atoms with Gasteiger partial charge in [-0.05, 0) is 38.2 Å². The predicted molar refractivity (Wildman–Crippen MR) is 85.4 cm³/mol. The number of furan rings is 1. The second-order valence-corrected chi connectivity index (χ2v) is 5.61. The maximum absolute atomic E-state index is 11.0. The summed E-state index contributed by atoms with van der Waals surface area (Å²) in [5.74, 6) is 0.153. The van der Waals surface area contributed by atoms with Gasteiger partial charge in [-0.2, -0.15) is 0 Å². The van der Waals surface area contributed by atoms with E-state index in [1.807, 2.05) is 45.3 Å². The van der Waals surface area contributed by atoms with Crippen LogP contribution < -0.4 is 0 Å². The zero-order chi connectivity index (χ0) is 14.0. The normalized spacial score (nSPS) is 15.9. The molecule has 2 atom stereocenters. The highest BCUT2D eigenvalue weighted by Gasteiger charge is 2.34. The molecule has 0 aliphatic rings. The van der Waals surface area contributed by atoms with Crippen LogP contribution in [-0.4, -0.2) is 30.6 Å². The lowest BCUT2D eigenvalue weighted by atomic mass is 9.80. The Morgan fingerprint density at radius 2 is 2.00 bits per heavy atom.